The molecule has 1 N–H and O–H groups in total. The summed E-state index contributed by atoms with van der Waals surface area (Å²) in [5.74, 6) is 0. The van der Waals surface area contributed by atoms with E-state index in [9.17, 15) is 0 Å². The molecule has 0 aromatic carbocycles. The second-order valence-corrected chi connectivity index (χ2v) is 4.50. The lowest BCUT2D eigenvalue weighted by Crippen LogP contribution is -2.40. The highest BCUT2D eigenvalue weighted by atomic mass is 16.5. The normalized spacial score (nSPS) is 14.7. The van der Waals surface area contributed by atoms with E-state index in [1.165, 1.54) is 0 Å². The van der Waals surface area contributed by atoms with Crippen molar-refractivity contribution in [2.24, 2.45) is 0 Å². The molecule has 0 aromatic rings. The summed E-state index contributed by atoms with van der Waals surface area (Å²) in [7, 11) is 1.71. The molecule has 0 rings (SSSR count). The molecule has 0 saturated carbocycles. The van der Waals surface area contributed by atoms with Crippen molar-refractivity contribution in [1.82, 2.24) is 5.32 Å². The van der Waals surface area contributed by atoms with Gasteiger partial charge in [0.15, 0.2) is 0 Å². The van der Waals surface area contributed by atoms with Crippen LogP contribution in [0.25, 0.3) is 0 Å². The molecular weight excluding hydrogens is 230 g/mol. The zero-order valence-corrected chi connectivity index (χ0v) is 12.5. The molecule has 0 aromatic heterocycles. The zero-order valence-electron chi connectivity index (χ0n) is 12.5. The molecule has 2 unspecified atom stereocenters. The van der Waals surface area contributed by atoms with E-state index in [2.05, 4.69) is 26.1 Å². The number of nitrogens with one attached hydrogen (secondary N) is 1. The van der Waals surface area contributed by atoms with Crippen LogP contribution < -0.4 is 5.32 Å². The van der Waals surface area contributed by atoms with Gasteiger partial charge < -0.3 is 19.5 Å². The molecule has 0 aliphatic heterocycles. The lowest BCUT2D eigenvalue weighted by Gasteiger charge is -2.24. The molecule has 0 amide bonds. The number of ether oxygens (including phenoxy) is 3. The Morgan fingerprint density at radius 2 is 1.83 bits per heavy atom. The Labute approximate surface area is 112 Å². The van der Waals surface area contributed by atoms with Crippen LogP contribution >= 0.6 is 0 Å². The third-order valence-corrected chi connectivity index (χ3v) is 2.91. The predicted octanol–water partition coefficient (Wildman–Crippen LogP) is 2.22. The van der Waals surface area contributed by atoms with Gasteiger partial charge in [-0.1, -0.05) is 13.8 Å². The van der Waals surface area contributed by atoms with Gasteiger partial charge in [-0.2, -0.15) is 0 Å². The first-order chi connectivity index (χ1) is 8.76. The van der Waals surface area contributed by atoms with Crippen LogP contribution in [0.1, 0.15) is 40.0 Å². The summed E-state index contributed by atoms with van der Waals surface area (Å²) in [6, 6.07) is 0.443. The van der Waals surface area contributed by atoms with E-state index >= 15 is 0 Å². The third-order valence-electron chi connectivity index (χ3n) is 2.91. The van der Waals surface area contributed by atoms with Crippen LogP contribution in [-0.2, 0) is 14.2 Å². The van der Waals surface area contributed by atoms with Gasteiger partial charge in [-0.05, 0) is 32.7 Å². The minimum absolute atomic E-state index is 0.240. The molecule has 4 nitrogen and oxygen atoms in total. The average molecular weight is 261 g/mol. The summed E-state index contributed by atoms with van der Waals surface area (Å²) in [6.45, 7) is 10.4. The quantitative estimate of drug-likeness (QED) is 0.516. The van der Waals surface area contributed by atoms with E-state index in [1.807, 2.05) is 0 Å². The topological polar surface area (TPSA) is 39.7 Å². The van der Waals surface area contributed by atoms with Crippen molar-refractivity contribution in [3.63, 3.8) is 0 Å². The Hall–Kier alpha value is -0.160. The maximum Gasteiger partial charge on any atom is 0.0704 e. The minimum Gasteiger partial charge on any atom is -0.385 e. The third kappa shape index (κ3) is 9.83. The molecule has 0 radical (unpaired) electrons. The van der Waals surface area contributed by atoms with Crippen molar-refractivity contribution in [3.05, 3.63) is 0 Å². The van der Waals surface area contributed by atoms with E-state index in [1.54, 1.807) is 7.11 Å². The van der Waals surface area contributed by atoms with E-state index in [4.69, 9.17) is 14.2 Å². The Morgan fingerprint density at radius 1 is 1.06 bits per heavy atom. The molecule has 0 fully saturated rings. The maximum absolute atomic E-state index is 5.78. The van der Waals surface area contributed by atoms with Crippen LogP contribution in [0.2, 0.25) is 0 Å². The summed E-state index contributed by atoms with van der Waals surface area (Å²) < 4.78 is 16.2. The smallest absolute Gasteiger partial charge is 0.0704 e. The SMILES string of the molecule is CCCNC(CC)C(C)OCCOCCCOC. The van der Waals surface area contributed by atoms with Crippen LogP contribution in [-0.4, -0.2) is 52.2 Å². The maximum atomic E-state index is 5.78. The number of hydrogen-bond donors (Lipinski definition) is 1. The second-order valence-electron chi connectivity index (χ2n) is 4.50. The zero-order chi connectivity index (χ0) is 13.6. The highest BCUT2D eigenvalue weighted by molar-refractivity contribution is 4.71. The lowest BCUT2D eigenvalue weighted by molar-refractivity contribution is -0.00641. The number of methoxy groups -OCH3 is 1. The standard InChI is InChI=1S/C14H31NO3/c1-5-8-15-14(6-2)13(3)18-12-11-17-10-7-9-16-4/h13-15H,5-12H2,1-4H3. The van der Waals surface area contributed by atoms with Crippen LogP contribution in [0.3, 0.4) is 0 Å². The van der Waals surface area contributed by atoms with Crippen LogP contribution in [0.15, 0.2) is 0 Å². The van der Waals surface area contributed by atoms with Gasteiger partial charge in [0.2, 0.25) is 0 Å². The second kappa shape index (κ2) is 13.3. The van der Waals surface area contributed by atoms with E-state index in [-0.39, 0.29) is 6.10 Å². The van der Waals surface area contributed by atoms with E-state index in [0.717, 1.165) is 39.0 Å². The Morgan fingerprint density at radius 3 is 2.44 bits per heavy atom. The first-order valence-electron chi connectivity index (χ1n) is 7.17. The monoisotopic (exact) mass is 261 g/mol. The minimum atomic E-state index is 0.240. The summed E-state index contributed by atoms with van der Waals surface area (Å²) in [4.78, 5) is 0. The number of rotatable bonds is 13. The van der Waals surface area contributed by atoms with Gasteiger partial charge in [-0.15, -0.1) is 0 Å². The van der Waals surface area contributed by atoms with Gasteiger partial charge in [0.1, 0.15) is 0 Å². The molecule has 0 aliphatic carbocycles. The van der Waals surface area contributed by atoms with Gasteiger partial charge in [-0.3, -0.25) is 0 Å². The van der Waals surface area contributed by atoms with Crippen molar-refractivity contribution >= 4 is 0 Å². The van der Waals surface area contributed by atoms with Crippen LogP contribution in [0.4, 0.5) is 0 Å². The fraction of sp³-hybridized carbons (Fsp3) is 1.00. The van der Waals surface area contributed by atoms with Crippen molar-refractivity contribution < 1.29 is 14.2 Å². The lowest BCUT2D eigenvalue weighted by atomic mass is 10.1. The summed E-state index contributed by atoms with van der Waals surface area (Å²) in [6.07, 6.45) is 3.44. The first kappa shape index (κ1) is 17.8. The molecule has 18 heavy (non-hydrogen) atoms. The molecule has 4 heteroatoms. The van der Waals surface area contributed by atoms with Gasteiger partial charge in [0.25, 0.3) is 0 Å². The van der Waals surface area contributed by atoms with Gasteiger partial charge in [-0.25, -0.2) is 0 Å². The first-order valence-corrected chi connectivity index (χ1v) is 7.17. The van der Waals surface area contributed by atoms with E-state index < -0.39 is 0 Å². The van der Waals surface area contributed by atoms with Crippen molar-refractivity contribution in [3.8, 4) is 0 Å². The van der Waals surface area contributed by atoms with Gasteiger partial charge in [0.05, 0.1) is 19.3 Å². The fourth-order valence-electron chi connectivity index (χ4n) is 1.79. The van der Waals surface area contributed by atoms with Crippen LogP contribution in [0.5, 0.6) is 0 Å². The van der Waals surface area contributed by atoms with Gasteiger partial charge in [0, 0.05) is 26.4 Å². The van der Waals surface area contributed by atoms with Crippen molar-refractivity contribution in [2.75, 3.05) is 40.1 Å². The average Bonchev–Trinajstić information content (AvgIpc) is 2.38. The highest BCUT2D eigenvalue weighted by Crippen LogP contribution is 2.03. The molecule has 0 saturated heterocycles. The Bertz CT molecular complexity index is 167. The van der Waals surface area contributed by atoms with Gasteiger partial charge >= 0.3 is 0 Å². The summed E-state index contributed by atoms with van der Waals surface area (Å²) in [5.41, 5.74) is 0. The Kier molecular flexibility index (Phi) is 13.2. The molecule has 110 valence electrons. The van der Waals surface area contributed by atoms with E-state index in [0.29, 0.717) is 19.3 Å². The molecule has 0 heterocycles. The molecule has 0 bridgehead atoms. The molecular formula is C14H31NO3. The largest absolute Gasteiger partial charge is 0.385 e. The molecule has 0 spiro atoms. The van der Waals surface area contributed by atoms with Crippen molar-refractivity contribution in [1.29, 1.82) is 0 Å². The number of hydrogen-bond acceptors (Lipinski definition) is 4. The Balaban J connectivity index is 3.46. The highest BCUT2D eigenvalue weighted by Gasteiger charge is 2.14. The summed E-state index contributed by atoms with van der Waals surface area (Å²) in [5, 5.41) is 3.51. The van der Waals surface area contributed by atoms with Crippen LogP contribution in [0, 0.1) is 0 Å². The molecule has 0 aliphatic rings. The molecule has 2 atom stereocenters. The van der Waals surface area contributed by atoms with Crippen molar-refractivity contribution in [2.45, 2.75) is 52.2 Å². The predicted molar refractivity (Wildman–Crippen MR) is 75.1 cm³/mol. The summed E-state index contributed by atoms with van der Waals surface area (Å²) >= 11 is 0. The fourth-order valence-corrected chi connectivity index (χ4v) is 1.79.